The average molecular weight is 249 g/mol. The number of alkyl halides is 3. The van der Waals surface area contributed by atoms with Gasteiger partial charge in [0.2, 0.25) is 5.88 Å². The Hall–Kier alpha value is -1.30. The number of aliphatic hydroxyl groups excluding tert-OH is 1. The Morgan fingerprint density at radius 2 is 2.00 bits per heavy atom. The Labute approximate surface area is 97.2 Å². The molecule has 17 heavy (non-hydrogen) atoms. The summed E-state index contributed by atoms with van der Waals surface area (Å²) in [5, 5.41) is 9.10. The van der Waals surface area contributed by atoms with Gasteiger partial charge < -0.3 is 9.84 Å². The molecule has 0 aliphatic carbocycles. The molecule has 0 fully saturated rings. The number of aryl methyl sites for hydroxylation is 2. The third-order valence-electron chi connectivity index (χ3n) is 2.34. The van der Waals surface area contributed by atoms with Crippen molar-refractivity contribution in [1.82, 2.24) is 4.98 Å². The third-order valence-corrected chi connectivity index (χ3v) is 2.34. The molecule has 0 saturated carbocycles. The van der Waals surface area contributed by atoms with E-state index in [2.05, 4.69) is 4.98 Å². The molecule has 1 unspecified atom stereocenters. The minimum absolute atomic E-state index is 0.158. The van der Waals surface area contributed by atoms with Crippen LogP contribution in [0.2, 0.25) is 0 Å². The van der Waals surface area contributed by atoms with Gasteiger partial charge in [0.05, 0.1) is 6.61 Å². The van der Waals surface area contributed by atoms with Crippen LogP contribution in [0, 0.1) is 13.8 Å². The summed E-state index contributed by atoms with van der Waals surface area (Å²) in [5.41, 5.74) is 1.49. The van der Waals surface area contributed by atoms with E-state index in [0.717, 1.165) is 6.92 Å². The fourth-order valence-corrected chi connectivity index (χ4v) is 1.35. The lowest BCUT2D eigenvalue weighted by Crippen LogP contribution is -2.32. The summed E-state index contributed by atoms with van der Waals surface area (Å²) in [5.74, 6) is -0.158. The molecule has 6 heteroatoms. The Morgan fingerprint density at radius 3 is 2.47 bits per heavy atom. The van der Waals surface area contributed by atoms with Crippen LogP contribution in [0.3, 0.4) is 0 Å². The summed E-state index contributed by atoms with van der Waals surface area (Å²) in [7, 11) is 0. The molecule has 1 heterocycles. The topological polar surface area (TPSA) is 42.4 Å². The highest BCUT2D eigenvalue weighted by Crippen LogP contribution is 2.27. The van der Waals surface area contributed by atoms with Crippen molar-refractivity contribution in [2.45, 2.75) is 39.7 Å². The van der Waals surface area contributed by atoms with Crippen LogP contribution in [0.4, 0.5) is 13.2 Å². The molecule has 1 N–H and O–H groups in total. The molecular formula is C11H14F3NO2. The monoisotopic (exact) mass is 249 g/mol. The standard InChI is InChI=1S/C11H14F3NO2/c1-6-4-7(2)15-10(9(6)5-16)17-8(3)11(12,13)14/h4,8,16H,5H2,1-3H3. The van der Waals surface area contributed by atoms with Crippen LogP contribution in [-0.4, -0.2) is 22.4 Å². The normalized spacial score (nSPS) is 13.6. The fourth-order valence-electron chi connectivity index (χ4n) is 1.35. The number of hydrogen-bond acceptors (Lipinski definition) is 3. The van der Waals surface area contributed by atoms with Gasteiger partial charge >= 0.3 is 6.18 Å². The summed E-state index contributed by atoms with van der Waals surface area (Å²) in [6.07, 6.45) is -6.41. The second-order valence-electron chi connectivity index (χ2n) is 3.82. The van der Waals surface area contributed by atoms with E-state index in [1.807, 2.05) is 0 Å². The molecule has 0 saturated heterocycles. The molecule has 0 aliphatic rings. The maximum atomic E-state index is 12.4. The van der Waals surface area contributed by atoms with Crippen molar-refractivity contribution in [3.05, 3.63) is 22.9 Å². The van der Waals surface area contributed by atoms with Gasteiger partial charge in [0.15, 0.2) is 6.10 Å². The lowest BCUT2D eigenvalue weighted by atomic mass is 10.1. The van der Waals surface area contributed by atoms with E-state index in [-0.39, 0.29) is 11.4 Å². The van der Waals surface area contributed by atoms with Gasteiger partial charge in [0, 0.05) is 11.3 Å². The van der Waals surface area contributed by atoms with Crippen LogP contribution in [0.1, 0.15) is 23.7 Å². The average Bonchev–Trinajstić information content (AvgIpc) is 2.15. The quantitative estimate of drug-likeness (QED) is 0.895. The van der Waals surface area contributed by atoms with E-state index < -0.39 is 18.9 Å². The van der Waals surface area contributed by atoms with E-state index in [4.69, 9.17) is 9.84 Å². The molecule has 0 spiro atoms. The van der Waals surface area contributed by atoms with Crippen molar-refractivity contribution in [2.75, 3.05) is 0 Å². The fraction of sp³-hybridized carbons (Fsp3) is 0.545. The smallest absolute Gasteiger partial charge is 0.425 e. The van der Waals surface area contributed by atoms with Crippen LogP contribution in [0.25, 0.3) is 0 Å². The zero-order chi connectivity index (χ0) is 13.2. The third kappa shape index (κ3) is 3.33. The van der Waals surface area contributed by atoms with Crippen molar-refractivity contribution >= 4 is 0 Å². The van der Waals surface area contributed by atoms with Crippen molar-refractivity contribution in [1.29, 1.82) is 0 Å². The van der Waals surface area contributed by atoms with Gasteiger partial charge in [-0.25, -0.2) is 4.98 Å². The van der Waals surface area contributed by atoms with Crippen LogP contribution < -0.4 is 4.74 Å². The van der Waals surface area contributed by atoms with E-state index in [1.165, 1.54) is 0 Å². The van der Waals surface area contributed by atoms with Crippen molar-refractivity contribution in [3.63, 3.8) is 0 Å². The first-order valence-electron chi connectivity index (χ1n) is 5.07. The number of aromatic nitrogens is 1. The summed E-state index contributed by atoms with van der Waals surface area (Å²) >= 11 is 0. The Bertz CT molecular complexity index is 404. The SMILES string of the molecule is Cc1cc(C)c(CO)c(OC(C)C(F)(F)F)n1. The van der Waals surface area contributed by atoms with Gasteiger partial charge in [-0.1, -0.05) is 0 Å². The van der Waals surface area contributed by atoms with E-state index in [9.17, 15) is 13.2 Å². The molecule has 1 atom stereocenters. The van der Waals surface area contributed by atoms with Crippen molar-refractivity contribution in [2.24, 2.45) is 0 Å². The summed E-state index contributed by atoms with van der Waals surface area (Å²) in [6, 6.07) is 1.68. The number of ether oxygens (including phenoxy) is 1. The molecule has 0 bridgehead atoms. The molecule has 0 aromatic carbocycles. The predicted molar refractivity (Wildman–Crippen MR) is 55.8 cm³/mol. The molecular weight excluding hydrogens is 235 g/mol. The van der Waals surface area contributed by atoms with Crippen molar-refractivity contribution in [3.8, 4) is 5.88 Å². The van der Waals surface area contributed by atoms with Crippen LogP contribution in [0.5, 0.6) is 5.88 Å². The predicted octanol–water partition coefficient (Wildman–Crippen LogP) is 2.52. The minimum atomic E-state index is -4.45. The zero-order valence-electron chi connectivity index (χ0n) is 9.80. The van der Waals surface area contributed by atoms with Gasteiger partial charge in [-0.2, -0.15) is 13.2 Å². The van der Waals surface area contributed by atoms with E-state index >= 15 is 0 Å². The van der Waals surface area contributed by atoms with Gasteiger partial charge in [0.1, 0.15) is 0 Å². The summed E-state index contributed by atoms with van der Waals surface area (Å²) < 4.78 is 41.8. The highest BCUT2D eigenvalue weighted by Gasteiger charge is 2.38. The van der Waals surface area contributed by atoms with Gasteiger partial charge in [0.25, 0.3) is 0 Å². The Kier molecular flexibility index (Phi) is 3.98. The van der Waals surface area contributed by atoms with Crippen molar-refractivity contribution < 1.29 is 23.0 Å². The minimum Gasteiger partial charge on any atom is -0.465 e. The molecule has 0 radical (unpaired) electrons. The Morgan fingerprint density at radius 1 is 1.41 bits per heavy atom. The molecule has 1 aromatic heterocycles. The lowest BCUT2D eigenvalue weighted by Gasteiger charge is -2.19. The van der Waals surface area contributed by atoms with E-state index in [0.29, 0.717) is 11.3 Å². The van der Waals surface area contributed by atoms with Crippen LogP contribution in [-0.2, 0) is 6.61 Å². The first-order valence-corrected chi connectivity index (χ1v) is 5.07. The molecule has 0 aliphatic heterocycles. The zero-order valence-corrected chi connectivity index (χ0v) is 9.80. The Balaban J connectivity index is 3.05. The lowest BCUT2D eigenvalue weighted by molar-refractivity contribution is -0.190. The molecule has 0 amide bonds. The van der Waals surface area contributed by atoms with Crippen LogP contribution >= 0.6 is 0 Å². The number of aliphatic hydroxyl groups is 1. The number of rotatable bonds is 3. The number of pyridine rings is 1. The van der Waals surface area contributed by atoms with Gasteiger partial charge in [-0.15, -0.1) is 0 Å². The van der Waals surface area contributed by atoms with E-state index in [1.54, 1.807) is 19.9 Å². The molecule has 1 aromatic rings. The second kappa shape index (κ2) is 4.91. The molecule has 1 rings (SSSR count). The largest absolute Gasteiger partial charge is 0.465 e. The molecule has 3 nitrogen and oxygen atoms in total. The highest BCUT2D eigenvalue weighted by atomic mass is 19.4. The first kappa shape index (κ1) is 13.8. The summed E-state index contributed by atoms with van der Waals surface area (Å²) in [4.78, 5) is 3.88. The van der Waals surface area contributed by atoms with Gasteiger partial charge in [-0.05, 0) is 32.4 Å². The number of nitrogens with zero attached hydrogens (tertiary/aromatic N) is 1. The second-order valence-corrected chi connectivity index (χ2v) is 3.82. The molecule has 96 valence electrons. The van der Waals surface area contributed by atoms with Gasteiger partial charge in [-0.3, -0.25) is 0 Å². The first-order chi connectivity index (χ1) is 7.75. The maximum Gasteiger partial charge on any atom is 0.425 e. The summed E-state index contributed by atoms with van der Waals surface area (Å²) in [6.45, 7) is 3.84. The number of halogens is 3. The van der Waals surface area contributed by atoms with Crippen LogP contribution in [0.15, 0.2) is 6.07 Å². The number of hydrogen-bond donors (Lipinski definition) is 1. The maximum absolute atomic E-state index is 12.4. The highest BCUT2D eigenvalue weighted by molar-refractivity contribution is 5.35.